The Balaban J connectivity index is 1.77. The normalized spacial score (nSPS) is 13.0. The zero-order valence-electron chi connectivity index (χ0n) is 16.1. The van der Waals surface area contributed by atoms with Gasteiger partial charge in [0.2, 0.25) is 5.91 Å². The number of hydrogen-bond donors (Lipinski definition) is 1. The number of rotatable bonds is 6. The van der Waals surface area contributed by atoms with Crippen molar-refractivity contribution in [2.24, 2.45) is 0 Å². The highest BCUT2D eigenvalue weighted by molar-refractivity contribution is 6.00. The van der Waals surface area contributed by atoms with Crippen molar-refractivity contribution < 1.29 is 28.9 Å². The van der Waals surface area contributed by atoms with Gasteiger partial charge in [0.05, 0.1) is 5.41 Å². The topological polar surface area (TPSA) is 85.3 Å². The molecular formula is C21H23NO6. The van der Waals surface area contributed by atoms with Gasteiger partial charge in [-0.1, -0.05) is 6.07 Å². The van der Waals surface area contributed by atoms with Crippen molar-refractivity contribution in [3.05, 3.63) is 48.0 Å². The fourth-order valence-electron chi connectivity index (χ4n) is 3.00. The van der Waals surface area contributed by atoms with Crippen LogP contribution in [0.3, 0.4) is 0 Å². The van der Waals surface area contributed by atoms with Crippen LogP contribution in [-0.2, 0) is 15.0 Å². The van der Waals surface area contributed by atoms with Crippen LogP contribution in [0.25, 0.3) is 0 Å². The maximum atomic E-state index is 13.2. The minimum Gasteiger partial charge on any atom is -0.486 e. The summed E-state index contributed by atoms with van der Waals surface area (Å²) in [7, 11) is 1.70. The van der Waals surface area contributed by atoms with Crippen molar-refractivity contribution in [1.82, 2.24) is 0 Å². The third-order valence-electron chi connectivity index (χ3n) is 4.69. The third-order valence-corrected chi connectivity index (χ3v) is 4.69. The molecule has 0 atom stereocenters. The first-order valence-electron chi connectivity index (χ1n) is 8.92. The smallest absolute Gasteiger partial charge is 0.341 e. The SMILES string of the molecule is CN(C(=O)C(C)(C)c1ccc2c(c1)OCCO2)c1ccc(OCC(=O)O)cc1. The summed E-state index contributed by atoms with van der Waals surface area (Å²) >= 11 is 0. The second-order valence-electron chi connectivity index (χ2n) is 7.02. The molecule has 0 saturated heterocycles. The van der Waals surface area contributed by atoms with Gasteiger partial charge in [-0.05, 0) is 55.8 Å². The van der Waals surface area contributed by atoms with E-state index in [1.165, 1.54) is 0 Å². The number of fused-ring (bicyclic) bond motifs is 1. The van der Waals surface area contributed by atoms with Gasteiger partial charge in [0, 0.05) is 12.7 Å². The lowest BCUT2D eigenvalue weighted by atomic mass is 9.83. The number of likely N-dealkylation sites (N-methyl/N-ethyl adjacent to an activating group) is 1. The van der Waals surface area contributed by atoms with Crippen LogP contribution in [0.4, 0.5) is 5.69 Å². The summed E-state index contributed by atoms with van der Waals surface area (Å²) in [5, 5.41) is 8.67. The molecule has 0 radical (unpaired) electrons. The fourth-order valence-corrected chi connectivity index (χ4v) is 3.00. The number of carboxylic acid groups (broad SMARTS) is 1. The minimum absolute atomic E-state index is 0.0941. The van der Waals surface area contributed by atoms with E-state index < -0.39 is 18.0 Å². The summed E-state index contributed by atoms with van der Waals surface area (Å²) < 4.78 is 16.3. The molecule has 2 aromatic rings. The lowest BCUT2D eigenvalue weighted by Gasteiger charge is -2.31. The first-order valence-corrected chi connectivity index (χ1v) is 8.92. The van der Waals surface area contributed by atoms with Crippen molar-refractivity contribution in [3.63, 3.8) is 0 Å². The predicted molar refractivity (Wildman–Crippen MR) is 103 cm³/mol. The van der Waals surface area contributed by atoms with Gasteiger partial charge in [0.25, 0.3) is 0 Å². The molecule has 1 aliphatic rings. The number of aliphatic carboxylic acids is 1. The second-order valence-corrected chi connectivity index (χ2v) is 7.02. The fraction of sp³-hybridized carbons (Fsp3) is 0.333. The van der Waals surface area contributed by atoms with Crippen LogP contribution in [0.2, 0.25) is 0 Å². The molecule has 0 aliphatic carbocycles. The molecule has 2 aromatic carbocycles. The molecule has 0 fully saturated rings. The Bertz CT molecular complexity index is 875. The van der Waals surface area contributed by atoms with Gasteiger partial charge in [-0.2, -0.15) is 0 Å². The maximum Gasteiger partial charge on any atom is 0.341 e. The van der Waals surface area contributed by atoms with Crippen LogP contribution in [0.1, 0.15) is 19.4 Å². The third kappa shape index (κ3) is 4.03. The van der Waals surface area contributed by atoms with E-state index in [4.69, 9.17) is 19.3 Å². The van der Waals surface area contributed by atoms with Crippen LogP contribution in [0.15, 0.2) is 42.5 Å². The first kappa shape index (κ1) is 19.5. The molecule has 0 bridgehead atoms. The highest BCUT2D eigenvalue weighted by Gasteiger charge is 2.34. The number of carboxylic acids is 1. The van der Waals surface area contributed by atoms with Crippen LogP contribution in [0.5, 0.6) is 17.2 Å². The van der Waals surface area contributed by atoms with E-state index >= 15 is 0 Å². The molecule has 0 saturated carbocycles. The molecule has 0 unspecified atom stereocenters. The Labute approximate surface area is 163 Å². The van der Waals surface area contributed by atoms with E-state index in [0.29, 0.717) is 36.1 Å². The van der Waals surface area contributed by atoms with Crippen molar-refractivity contribution in [1.29, 1.82) is 0 Å². The average Bonchev–Trinajstić information content (AvgIpc) is 2.71. The summed E-state index contributed by atoms with van der Waals surface area (Å²) in [4.78, 5) is 25.3. The van der Waals surface area contributed by atoms with E-state index in [1.807, 2.05) is 32.0 Å². The molecule has 28 heavy (non-hydrogen) atoms. The number of anilines is 1. The molecule has 7 heteroatoms. The van der Waals surface area contributed by atoms with Gasteiger partial charge < -0.3 is 24.2 Å². The van der Waals surface area contributed by atoms with Crippen molar-refractivity contribution in [3.8, 4) is 17.2 Å². The van der Waals surface area contributed by atoms with Crippen molar-refractivity contribution >= 4 is 17.6 Å². The Morgan fingerprint density at radius 3 is 2.36 bits per heavy atom. The monoisotopic (exact) mass is 385 g/mol. The predicted octanol–water partition coefficient (Wildman–Crippen LogP) is 2.86. The van der Waals surface area contributed by atoms with Crippen molar-refractivity contribution in [2.75, 3.05) is 31.8 Å². The van der Waals surface area contributed by atoms with Crippen LogP contribution >= 0.6 is 0 Å². The molecule has 0 spiro atoms. The summed E-state index contributed by atoms with van der Waals surface area (Å²) in [5.41, 5.74) is 0.719. The highest BCUT2D eigenvalue weighted by Crippen LogP contribution is 2.36. The number of nitrogens with zero attached hydrogens (tertiary/aromatic N) is 1. The Hall–Kier alpha value is -3.22. The number of benzene rings is 2. The summed E-state index contributed by atoms with van der Waals surface area (Å²) in [6.45, 7) is 4.32. The average molecular weight is 385 g/mol. The van der Waals surface area contributed by atoms with E-state index in [2.05, 4.69) is 0 Å². The van der Waals surface area contributed by atoms with Crippen LogP contribution in [-0.4, -0.2) is 43.9 Å². The van der Waals surface area contributed by atoms with Gasteiger partial charge in [-0.3, -0.25) is 4.79 Å². The summed E-state index contributed by atoms with van der Waals surface area (Å²) in [6.07, 6.45) is 0. The largest absolute Gasteiger partial charge is 0.486 e. The van der Waals surface area contributed by atoms with Gasteiger partial charge >= 0.3 is 5.97 Å². The Morgan fingerprint density at radius 2 is 1.71 bits per heavy atom. The van der Waals surface area contributed by atoms with E-state index in [0.717, 1.165) is 5.56 Å². The van der Waals surface area contributed by atoms with E-state index in [-0.39, 0.29) is 5.91 Å². The number of hydrogen-bond acceptors (Lipinski definition) is 5. The molecular weight excluding hydrogens is 362 g/mol. The van der Waals surface area contributed by atoms with E-state index in [1.54, 1.807) is 36.2 Å². The lowest BCUT2D eigenvalue weighted by Crippen LogP contribution is -2.41. The Morgan fingerprint density at radius 1 is 1.07 bits per heavy atom. The van der Waals surface area contributed by atoms with Gasteiger partial charge in [-0.25, -0.2) is 4.79 Å². The van der Waals surface area contributed by atoms with Crippen LogP contribution in [0, 0.1) is 0 Å². The second kappa shape index (κ2) is 7.80. The summed E-state index contributed by atoms with van der Waals surface area (Å²) in [6, 6.07) is 12.3. The minimum atomic E-state index is -1.04. The molecule has 1 amide bonds. The molecule has 1 N–H and O–H groups in total. The quantitative estimate of drug-likeness (QED) is 0.823. The molecule has 7 nitrogen and oxygen atoms in total. The first-order chi connectivity index (χ1) is 13.3. The molecule has 148 valence electrons. The number of carbonyl (C=O) groups is 2. The molecule has 1 aliphatic heterocycles. The number of carbonyl (C=O) groups excluding carboxylic acids is 1. The molecule has 3 rings (SSSR count). The van der Waals surface area contributed by atoms with E-state index in [9.17, 15) is 9.59 Å². The van der Waals surface area contributed by atoms with Gasteiger partial charge in [0.15, 0.2) is 18.1 Å². The zero-order chi connectivity index (χ0) is 20.3. The van der Waals surface area contributed by atoms with Gasteiger partial charge in [0.1, 0.15) is 19.0 Å². The zero-order valence-corrected chi connectivity index (χ0v) is 16.1. The summed E-state index contributed by atoms with van der Waals surface area (Å²) in [5.74, 6) is 0.620. The number of ether oxygens (including phenoxy) is 3. The molecule has 0 aromatic heterocycles. The molecule has 1 heterocycles. The van der Waals surface area contributed by atoms with Gasteiger partial charge in [-0.15, -0.1) is 0 Å². The highest BCUT2D eigenvalue weighted by atomic mass is 16.6. The number of amides is 1. The maximum absolute atomic E-state index is 13.2. The van der Waals surface area contributed by atoms with Crippen LogP contribution < -0.4 is 19.1 Å². The Kier molecular flexibility index (Phi) is 5.44. The standard InChI is InChI=1S/C21H23NO6/c1-21(2,14-4-9-17-18(12-14)27-11-10-26-17)20(25)22(3)15-5-7-16(8-6-15)28-13-19(23)24/h4-9,12H,10-11,13H2,1-3H3,(H,23,24). The van der Waals surface area contributed by atoms with Crippen molar-refractivity contribution in [2.45, 2.75) is 19.3 Å². The lowest BCUT2D eigenvalue weighted by molar-refractivity contribution is -0.139.